The highest BCUT2D eigenvalue weighted by atomic mass is 19.4. The van der Waals surface area contributed by atoms with Crippen LogP contribution < -0.4 is 0 Å². The molecule has 1 saturated heterocycles. The Morgan fingerprint density at radius 2 is 1.79 bits per heavy atom. The summed E-state index contributed by atoms with van der Waals surface area (Å²) in [5, 5.41) is 18.1. The van der Waals surface area contributed by atoms with Crippen LogP contribution >= 0.6 is 0 Å². The number of hydrogen-bond acceptors (Lipinski definition) is 3. The summed E-state index contributed by atoms with van der Waals surface area (Å²) in [6.07, 6.45) is -3.91. The largest absolute Gasteiger partial charge is 0.417 e. The number of nitriles is 1. The molecule has 1 fully saturated rings. The number of halogens is 3. The van der Waals surface area contributed by atoms with Gasteiger partial charge < -0.3 is 10.0 Å². The van der Waals surface area contributed by atoms with Crippen molar-refractivity contribution in [2.24, 2.45) is 5.41 Å². The summed E-state index contributed by atoms with van der Waals surface area (Å²) in [6, 6.07) is 2.09. The number of nitrogens with zero attached hydrogens (tertiary/aromatic N) is 2. The molecule has 1 N–H and O–H groups in total. The van der Waals surface area contributed by atoms with Crippen LogP contribution in [0.1, 0.15) is 39.5 Å². The molecule has 0 spiro atoms. The summed E-state index contributed by atoms with van der Waals surface area (Å²) in [7, 11) is 0. The fraction of sp³-hybridized carbons (Fsp3) is 0.923. The standard InChI is InChI=1S/C13H21F3N2O/c1-11(2,4-3-7-17)10-18-8-5-12(19,6-9-18)13(14,15)16/h19H,3-6,8-10H2,1-2H3. The van der Waals surface area contributed by atoms with E-state index in [1.807, 2.05) is 18.7 Å². The van der Waals surface area contributed by atoms with Crippen molar-refractivity contribution in [2.45, 2.75) is 51.3 Å². The van der Waals surface area contributed by atoms with Gasteiger partial charge in [-0.2, -0.15) is 18.4 Å². The summed E-state index contributed by atoms with van der Waals surface area (Å²) in [4.78, 5) is 1.94. The second-order valence-electron chi connectivity index (χ2n) is 6.13. The first-order valence-electron chi connectivity index (χ1n) is 6.48. The lowest BCUT2D eigenvalue weighted by atomic mass is 9.85. The molecule has 1 aliphatic rings. The summed E-state index contributed by atoms with van der Waals surface area (Å²) >= 11 is 0. The zero-order valence-corrected chi connectivity index (χ0v) is 11.4. The zero-order chi connectivity index (χ0) is 14.7. The van der Waals surface area contributed by atoms with E-state index >= 15 is 0 Å². The average molecular weight is 278 g/mol. The van der Waals surface area contributed by atoms with Gasteiger partial charge in [0.1, 0.15) is 0 Å². The van der Waals surface area contributed by atoms with Gasteiger partial charge in [0.15, 0.2) is 5.60 Å². The van der Waals surface area contributed by atoms with Crippen LogP contribution in [0.4, 0.5) is 13.2 Å². The van der Waals surface area contributed by atoms with Gasteiger partial charge in [-0.25, -0.2) is 0 Å². The van der Waals surface area contributed by atoms with Gasteiger partial charge in [-0.3, -0.25) is 0 Å². The van der Waals surface area contributed by atoms with Crippen LogP contribution in [0.25, 0.3) is 0 Å². The minimum absolute atomic E-state index is 0.0938. The molecule has 19 heavy (non-hydrogen) atoms. The molecule has 1 aliphatic heterocycles. The van der Waals surface area contributed by atoms with Crippen LogP contribution in [0.2, 0.25) is 0 Å². The molecular weight excluding hydrogens is 257 g/mol. The van der Waals surface area contributed by atoms with Gasteiger partial charge in [-0.05, 0) is 24.7 Å². The Labute approximate surface area is 112 Å². The van der Waals surface area contributed by atoms with Crippen molar-refractivity contribution < 1.29 is 18.3 Å². The Morgan fingerprint density at radius 1 is 1.26 bits per heavy atom. The van der Waals surface area contributed by atoms with E-state index in [0.717, 1.165) is 6.42 Å². The van der Waals surface area contributed by atoms with Gasteiger partial charge >= 0.3 is 6.18 Å². The van der Waals surface area contributed by atoms with Crippen LogP contribution in [-0.2, 0) is 0 Å². The number of alkyl halides is 3. The number of likely N-dealkylation sites (tertiary alicyclic amines) is 1. The second kappa shape index (κ2) is 5.68. The Kier molecular flexibility index (Phi) is 4.86. The molecule has 0 amide bonds. The predicted molar refractivity (Wildman–Crippen MR) is 65.3 cm³/mol. The van der Waals surface area contributed by atoms with Crippen molar-refractivity contribution in [2.75, 3.05) is 19.6 Å². The van der Waals surface area contributed by atoms with Crippen molar-refractivity contribution in [3.8, 4) is 6.07 Å². The first-order valence-corrected chi connectivity index (χ1v) is 6.48. The lowest BCUT2D eigenvalue weighted by molar-refractivity contribution is -0.273. The summed E-state index contributed by atoms with van der Waals surface area (Å²) in [6.45, 7) is 5.16. The first-order chi connectivity index (χ1) is 8.60. The van der Waals surface area contributed by atoms with Gasteiger partial charge in [-0.15, -0.1) is 0 Å². The highest BCUT2D eigenvalue weighted by Gasteiger charge is 2.54. The Morgan fingerprint density at radius 3 is 2.21 bits per heavy atom. The second-order valence-corrected chi connectivity index (χ2v) is 6.13. The number of hydrogen-bond donors (Lipinski definition) is 1. The number of rotatable bonds is 4. The monoisotopic (exact) mass is 278 g/mol. The number of aliphatic hydroxyl groups is 1. The zero-order valence-electron chi connectivity index (χ0n) is 11.4. The summed E-state index contributed by atoms with van der Waals surface area (Å²) < 4.78 is 38.0. The van der Waals surface area contributed by atoms with Gasteiger partial charge in [0.25, 0.3) is 0 Å². The van der Waals surface area contributed by atoms with Crippen molar-refractivity contribution in [3.05, 3.63) is 0 Å². The highest BCUT2D eigenvalue weighted by Crippen LogP contribution is 2.39. The molecule has 6 heteroatoms. The van der Waals surface area contributed by atoms with E-state index < -0.39 is 11.8 Å². The molecule has 0 aliphatic carbocycles. The fourth-order valence-electron chi connectivity index (χ4n) is 2.44. The Balaban J connectivity index is 2.49. The van der Waals surface area contributed by atoms with Crippen LogP contribution in [0.5, 0.6) is 0 Å². The quantitative estimate of drug-likeness (QED) is 0.860. The fourth-order valence-corrected chi connectivity index (χ4v) is 2.44. The molecule has 3 nitrogen and oxygen atoms in total. The molecular formula is C13H21F3N2O. The predicted octanol–water partition coefficient (Wildman–Crippen LogP) is 2.71. The van der Waals surface area contributed by atoms with Crippen LogP contribution in [0.3, 0.4) is 0 Å². The number of piperidine rings is 1. The van der Waals surface area contributed by atoms with Crippen molar-refractivity contribution in [1.82, 2.24) is 4.90 Å². The van der Waals surface area contributed by atoms with Crippen molar-refractivity contribution in [3.63, 3.8) is 0 Å². The normalized spacial score (nSPS) is 21.1. The van der Waals surface area contributed by atoms with Crippen LogP contribution in [0, 0.1) is 16.7 Å². The van der Waals surface area contributed by atoms with Gasteiger partial charge in [-0.1, -0.05) is 13.8 Å². The van der Waals surface area contributed by atoms with E-state index in [0.29, 0.717) is 13.0 Å². The SMILES string of the molecule is CC(C)(CCC#N)CN1CCC(O)(C(F)(F)F)CC1. The maximum atomic E-state index is 12.7. The molecule has 0 unspecified atom stereocenters. The molecule has 0 bridgehead atoms. The minimum Gasteiger partial charge on any atom is -0.380 e. The highest BCUT2D eigenvalue weighted by molar-refractivity contribution is 4.93. The summed E-state index contributed by atoms with van der Waals surface area (Å²) in [5.41, 5.74) is -2.62. The van der Waals surface area contributed by atoms with Crippen molar-refractivity contribution >= 4 is 0 Å². The first kappa shape index (κ1) is 16.3. The third-order valence-corrected chi connectivity index (χ3v) is 3.78. The Bertz CT molecular complexity index is 339. The van der Waals surface area contributed by atoms with Gasteiger partial charge in [0.2, 0.25) is 0 Å². The van der Waals surface area contributed by atoms with Crippen LogP contribution in [0.15, 0.2) is 0 Å². The third-order valence-electron chi connectivity index (χ3n) is 3.78. The van der Waals surface area contributed by atoms with Gasteiger partial charge in [0.05, 0.1) is 6.07 Å². The van der Waals surface area contributed by atoms with Gasteiger partial charge in [0, 0.05) is 26.1 Å². The minimum atomic E-state index is -4.55. The molecule has 1 rings (SSSR count). The Hall–Kier alpha value is -0.800. The lowest BCUT2D eigenvalue weighted by Gasteiger charge is -2.41. The van der Waals surface area contributed by atoms with E-state index in [1.165, 1.54) is 0 Å². The molecule has 1 heterocycles. The maximum Gasteiger partial charge on any atom is 0.417 e. The average Bonchev–Trinajstić information content (AvgIpc) is 2.28. The molecule has 0 aromatic heterocycles. The molecule has 0 radical (unpaired) electrons. The van der Waals surface area contributed by atoms with E-state index in [-0.39, 0.29) is 31.3 Å². The smallest absolute Gasteiger partial charge is 0.380 e. The lowest BCUT2D eigenvalue weighted by Crippen LogP contribution is -2.54. The van der Waals surface area contributed by atoms with E-state index in [2.05, 4.69) is 6.07 Å². The van der Waals surface area contributed by atoms with Crippen LogP contribution in [-0.4, -0.2) is 41.4 Å². The third kappa shape index (κ3) is 4.36. The molecule has 110 valence electrons. The summed E-state index contributed by atoms with van der Waals surface area (Å²) in [5.74, 6) is 0. The molecule has 0 aromatic rings. The van der Waals surface area contributed by atoms with E-state index in [9.17, 15) is 18.3 Å². The molecule has 0 saturated carbocycles. The molecule has 0 aromatic carbocycles. The molecule has 0 atom stereocenters. The van der Waals surface area contributed by atoms with Crippen molar-refractivity contribution in [1.29, 1.82) is 5.26 Å². The van der Waals surface area contributed by atoms with E-state index in [1.54, 1.807) is 0 Å². The maximum absolute atomic E-state index is 12.7. The van der Waals surface area contributed by atoms with E-state index in [4.69, 9.17) is 5.26 Å². The topological polar surface area (TPSA) is 47.3 Å².